The third-order valence-corrected chi connectivity index (χ3v) is 5.59. The molecule has 1 N–H and O–H groups in total. The second kappa shape index (κ2) is 11.4. The average molecular weight is 444 g/mol. The molecule has 0 bridgehead atoms. The van der Waals surface area contributed by atoms with Crippen LogP contribution in [0.15, 0.2) is 78.4 Å². The third kappa shape index (κ3) is 6.28. The summed E-state index contributed by atoms with van der Waals surface area (Å²) in [5.41, 5.74) is 5.66. The number of fused-ring (bicyclic) bond motifs is 1. The van der Waals surface area contributed by atoms with Crippen molar-refractivity contribution in [2.75, 3.05) is 32.8 Å². The van der Waals surface area contributed by atoms with Gasteiger partial charge in [-0.2, -0.15) is 5.10 Å². The van der Waals surface area contributed by atoms with Crippen molar-refractivity contribution in [3.8, 4) is 5.75 Å². The smallest absolute Gasteiger partial charge is 0.254 e. The lowest BCUT2D eigenvalue weighted by molar-refractivity contribution is -0.123. The quantitative estimate of drug-likeness (QED) is 0.309. The summed E-state index contributed by atoms with van der Waals surface area (Å²) < 4.78 is 11.5. The van der Waals surface area contributed by atoms with Gasteiger partial charge in [-0.05, 0) is 52.1 Å². The molecule has 0 unspecified atom stereocenters. The Morgan fingerprint density at radius 1 is 1.09 bits per heavy atom. The number of carbonyl (C=O) groups excluding carboxylic acids is 1. The van der Waals surface area contributed by atoms with E-state index in [1.165, 1.54) is 10.8 Å². The second-order valence-corrected chi connectivity index (χ2v) is 7.97. The van der Waals surface area contributed by atoms with Gasteiger partial charge in [-0.25, -0.2) is 5.43 Å². The van der Waals surface area contributed by atoms with Crippen LogP contribution in [0.2, 0.25) is 0 Å². The van der Waals surface area contributed by atoms with Gasteiger partial charge in [0.25, 0.3) is 5.91 Å². The number of rotatable bonds is 9. The van der Waals surface area contributed by atoms with Crippen molar-refractivity contribution in [1.29, 1.82) is 0 Å². The van der Waals surface area contributed by atoms with Crippen molar-refractivity contribution in [2.45, 2.75) is 13.0 Å². The van der Waals surface area contributed by atoms with Crippen molar-refractivity contribution in [2.24, 2.45) is 5.10 Å². The van der Waals surface area contributed by atoms with Gasteiger partial charge >= 0.3 is 0 Å². The van der Waals surface area contributed by atoms with Gasteiger partial charge in [0.05, 0.1) is 26.0 Å². The number of nitrogens with zero attached hydrogens (tertiary/aromatic N) is 2. The molecule has 1 saturated heterocycles. The Kier molecular flexibility index (Phi) is 7.85. The fourth-order valence-corrected chi connectivity index (χ4v) is 3.89. The molecule has 1 aliphatic rings. The Hall–Kier alpha value is -3.48. The molecule has 1 amide bonds. The molecule has 33 heavy (non-hydrogen) atoms. The highest BCUT2D eigenvalue weighted by atomic mass is 16.5. The van der Waals surface area contributed by atoms with Crippen molar-refractivity contribution >= 4 is 22.9 Å². The molecule has 6 nitrogen and oxygen atoms in total. The molecule has 0 aromatic heterocycles. The third-order valence-electron chi connectivity index (χ3n) is 5.59. The molecule has 4 rings (SSSR count). The topological polar surface area (TPSA) is 63.2 Å². The Labute approximate surface area is 194 Å². The molecule has 3 aromatic rings. The SMILES string of the molecule is C=CCc1cc(/C=N/NC(=O)CN2CCOCC2)ccc1OCc1cccc2ccccc12. The number of morpholine rings is 1. The number of ether oxygens (including phenoxy) is 2. The van der Waals surface area contributed by atoms with E-state index in [2.05, 4.69) is 52.3 Å². The van der Waals surface area contributed by atoms with Crippen LogP contribution in [0, 0.1) is 0 Å². The van der Waals surface area contributed by atoms with Crippen LogP contribution in [0.1, 0.15) is 16.7 Å². The number of allylic oxidation sites excluding steroid dienone is 1. The van der Waals surface area contributed by atoms with Crippen molar-refractivity contribution in [3.63, 3.8) is 0 Å². The largest absolute Gasteiger partial charge is 0.489 e. The maximum atomic E-state index is 12.1. The normalized spacial score (nSPS) is 14.4. The highest BCUT2D eigenvalue weighted by molar-refractivity contribution is 5.85. The molecule has 6 heteroatoms. The standard InChI is InChI=1S/C27H29N3O3/c1-2-6-23-17-21(18-28-29-27(31)19-30-13-15-32-16-14-30)11-12-26(23)33-20-24-9-5-8-22-7-3-4-10-25(22)24/h2-5,7-12,17-18H,1,6,13-16,19-20H2,(H,29,31)/b28-18+. The van der Waals surface area contributed by atoms with Crippen LogP contribution in [0.3, 0.4) is 0 Å². The van der Waals surface area contributed by atoms with E-state index in [-0.39, 0.29) is 5.91 Å². The second-order valence-electron chi connectivity index (χ2n) is 7.97. The Morgan fingerprint density at radius 2 is 1.91 bits per heavy atom. The summed E-state index contributed by atoms with van der Waals surface area (Å²) in [5, 5.41) is 6.51. The summed E-state index contributed by atoms with van der Waals surface area (Å²) in [4.78, 5) is 14.2. The molecule has 170 valence electrons. The van der Waals surface area contributed by atoms with Crippen LogP contribution in [-0.4, -0.2) is 49.9 Å². The van der Waals surface area contributed by atoms with Crippen LogP contribution in [0.5, 0.6) is 5.75 Å². The van der Waals surface area contributed by atoms with E-state index in [1.54, 1.807) is 6.21 Å². The van der Waals surface area contributed by atoms with E-state index in [1.807, 2.05) is 36.4 Å². The van der Waals surface area contributed by atoms with E-state index >= 15 is 0 Å². The number of hydrogen-bond donors (Lipinski definition) is 1. The van der Waals surface area contributed by atoms with Crippen LogP contribution in [-0.2, 0) is 22.6 Å². The zero-order chi connectivity index (χ0) is 22.9. The molecule has 3 aromatic carbocycles. The average Bonchev–Trinajstić information content (AvgIpc) is 2.84. The lowest BCUT2D eigenvalue weighted by Gasteiger charge is -2.25. The maximum Gasteiger partial charge on any atom is 0.254 e. The Bertz CT molecular complexity index is 1130. The number of nitrogens with one attached hydrogen (secondary N) is 1. The molecule has 0 aliphatic carbocycles. The van der Waals surface area contributed by atoms with E-state index in [0.29, 0.717) is 32.8 Å². The molecule has 1 heterocycles. The van der Waals surface area contributed by atoms with Gasteiger partial charge in [0, 0.05) is 13.1 Å². The lowest BCUT2D eigenvalue weighted by atomic mass is 10.0. The Balaban J connectivity index is 1.39. The van der Waals surface area contributed by atoms with Gasteiger partial charge in [0.2, 0.25) is 0 Å². The molecule has 0 radical (unpaired) electrons. The first kappa shape index (κ1) is 22.7. The zero-order valence-corrected chi connectivity index (χ0v) is 18.7. The summed E-state index contributed by atoms with van der Waals surface area (Å²) in [7, 11) is 0. The van der Waals surface area contributed by atoms with Gasteiger partial charge in [0.1, 0.15) is 12.4 Å². The number of hydrogen-bond acceptors (Lipinski definition) is 5. The van der Waals surface area contributed by atoms with E-state index in [4.69, 9.17) is 9.47 Å². The van der Waals surface area contributed by atoms with Gasteiger partial charge in [-0.1, -0.05) is 48.5 Å². The van der Waals surface area contributed by atoms with Crippen LogP contribution >= 0.6 is 0 Å². The predicted octanol–water partition coefficient (Wildman–Crippen LogP) is 3.93. The molecular formula is C27H29N3O3. The first-order chi connectivity index (χ1) is 16.2. The summed E-state index contributed by atoms with van der Waals surface area (Å²) in [6, 6.07) is 20.5. The summed E-state index contributed by atoms with van der Waals surface area (Å²) >= 11 is 0. The molecule has 0 spiro atoms. The zero-order valence-electron chi connectivity index (χ0n) is 18.7. The maximum absolute atomic E-state index is 12.1. The summed E-state index contributed by atoms with van der Waals surface area (Å²) in [5.74, 6) is 0.686. The van der Waals surface area contributed by atoms with Crippen molar-refractivity contribution < 1.29 is 14.3 Å². The fraction of sp³-hybridized carbons (Fsp3) is 0.259. The fourth-order valence-electron chi connectivity index (χ4n) is 3.89. The van der Waals surface area contributed by atoms with Crippen LogP contribution in [0.25, 0.3) is 10.8 Å². The number of benzene rings is 3. The van der Waals surface area contributed by atoms with E-state index in [0.717, 1.165) is 35.5 Å². The summed E-state index contributed by atoms with van der Waals surface area (Å²) in [6.45, 7) is 7.53. The molecule has 0 atom stereocenters. The van der Waals surface area contributed by atoms with Gasteiger partial charge in [0.15, 0.2) is 0 Å². The van der Waals surface area contributed by atoms with E-state index < -0.39 is 0 Å². The lowest BCUT2D eigenvalue weighted by Crippen LogP contribution is -2.42. The van der Waals surface area contributed by atoms with Crippen molar-refractivity contribution in [3.05, 3.63) is 90.0 Å². The van der Waals surface area contributed by atoms with Crippen molar-refractivity contribution in [1.82, 2.24) is 10.3 Å². The highest BCUT2D eigenvalue weighted by Gasteiger charge is 2.13. The predicted molar refractivity (Wildman–Crippen MR) is 132 cm³/mol. The minimum atomic E-state index is -0.130. The van der Waals surface area contributed by atoms with E-state index in [9.17, 15) is 4.79 Å². The monoisotopic (exact) mass is 443 g/mol. The van der Waals surface area contributed by atoms with Crippen LogP contribution < -0.4 is 10.2 Å². The van der Waals surface area contributed by atoms with Gasteiger partial charge in [-0.3, -0.25) is 9.69 Å². The summed E-state index contributed by atoms with van der Waals surface area (Å²) in [6.07, 6.45) is 4.18. The van der Waals surface area contributed by atoms with Gasteiger partial charge in [-0.15, -0.1) is 6.58 Å². The number of hydrazone groups is 1. The Morgan fingerprint density at radius 3 is 2.76 bits per heavy atom. The number of amides is 1. The molecule has 1 fully saturated rings. The highest BCUT2D eigenvalue weighted by Crippen LogP contribution is 2.24. The minimum Gasteiger partial charge on any atom is -0.489 e. The minimum absolute atomic E-state index is 0.130. The first-order valence-electron chi connectivity index (χ1n) is 11.2. The number of carbonyl (C=O) groups is 1. The van der Waals surface area contributed by atoms with Gasteiger partial charge < -0.3 is 9.47 Å². The first-order valence-corrected chi connectivity index (χ1v) is 11.2. The molecule has 1 aliphatic heterocycles. The van der Waals surface area contributed by atoms with Crippen LogP contribution in [0.4, 0.5) is 0 Å². The molecular weight excluding hydrogens is 414 g/mol. The molecule has 0 saturated carbocycles.